The zero-order chi connectivity index (χ0) is 26.4. The van der Waals surface area contributed by atoms with Crippen molar-refractivity contribution in [2.24, 2.45) is 0 Å². The van der Waals surface area contributed by atoms with Crippen molar-refractivity contribution in [3.63, 3.8) is 0 Å². The number of quaternary nitrogens is 1. The summed E-state index contributed by atoms with van der Waals surface area (Å²) in [4.78, 5) is 60.0. The number of hydrogen-bond donors (Lipinski definition) is 1. The molecule has 0 aromatic heterocycles. The minimum atomic E-state index is -1.36. The van der Waals surface area contributed by atoms with Gasteiger partial charge in [0.15, 0.2) is 18.2 Å². The third-order valence-corrected chi connectivity index (χ3v) is 4.87. The third kappa shape index (κ3) is 10.4. The normalized spacial score (nSPS) is 23.9. The van der Waals surface area contributed by atoms with E-state index in [1.165, 1.54) is 0 Å². The minimum Gasteiger partial charge on any atom is -0.466 e. The van der Waals surface area contributed by atoms with Gasteiger partial charge in [-0.1, -0.05) is 20.8 Å². The molecule has 1 rings (SSSR count). The van der Waals surface area contributed by atoms with Crippen LogP contribution in [-0.4, -0.2) is 74.2 Å². The summed E-state index contributed by atoms with van der Waals surface area (Å²) in [7, 11) is 1.15. The Labute approximate surface area is 204 Å². The van der Waals surface area contributed by atoms with Crippen LogP contribution < -0.4 is 5.73 Å². The predicted molar refractivity (Wildman–Crippen MR) is 118 cm³/mol. The van der Waals surface area contributed by atoms with Crippen molar-refractivity contribution in [2.45, 2.75) is 89.9 Å². The molecule has 198 valence electrons. The molecule has 0 unspecified atom stereocenters. The SMILES string of the molecule is CCCC(=O)OC[C@H]1O[C@H](OC(=O)/C=C/C(=O)OC)[C@H]([NH3+])[C@@H](OC(=O)CCC)[C@@H]1OC(=O)CCC. The smallest absolute Gasteiger partial charge is 0.333 e. The van der Waals surface area contributed by atoms with E-state index >= 15 is 0 Å². The van der Waals surface area contributed by atoms with Crippen molar-refractivity contribution in [3.8, 4) is 0 Å². The standard InChI is InChI=1S/C23H35NO11/c1-5-8-16(26)31-13-14-21(33-17(27)9-6-2)22(34-18(28)10-7-3)20(24)23(32-14)35-19(29)12-11-15(25)30-4/h11-12,14,20-23H,5-10,13,24H2,1-4H3/p+1/b12-11+/t14-,20-,21-,22-,23-/m1/s1. The van der Waals surface area contributed by atoms with E-state index < -0.39 is 60.5 Å². The van der Waals surface area contributed by atoms with Crippen LogP contribution >= 0.6 is 0 Å². The lowest BCUT2D eigenvalue weighted by atomic mass is 9.96. The van der Waals surface area contributed by atoms with Crippen LogP contribution in [-0.2, 0) is 52.4 Å². The van der Waals surface area contributed by atoms with Crippen LogP contribution in [0.2, 0.25) is 0 Å². The highest BCUT2D eigenvalue weighted by atomic mass is 16.7. The summed E-state index contributed by atoms with van der Waals surface area (Å²) in [5, 5.41) is 0. The lowest BCUT2D eigenvalue weighted by Gasteiger charge is -2.41. The van der Waals surface area contributed by atoms with Gasteiger partial charge in [0, 0.05) is 31.4 Å². The van der Waals surface area contributed by atoms with Gasteiger partial charge in [0.1, 0.15) is 12.7 Å². The van der Waals surface area contributed by atoms with Crippen LogP contribution in [0.25, 0.3) is 0 Å². The zero-order valence-electron chi connectivity index (χ0n) is 20.7. The molecule has 0 aromatic rings. The van der Waals surface area contributed by atoms with Gasteiger partial charge in [0.2, 0.25) is 0 Å². The molecule has 12 heteroatoms. The van der Waals surface area contributed by atoms with E-state index in [9.17, 15) is 24.0 Å². The molecule has 0 radical (unpaired) electrons. The highest BCUT2D eigenvalue weighted by Crippen LogP contribution is 2.27. The van der Waals surface area contributed by atoms with Gasteiger partial charge in [-0.3, -0.25) is 14.4 Å². The lowest BCUT2D eigenvalue weighted by Crippen LogP contribution is -2.79. The van der Waals surface area contributed by atoms with E-state index in [0.717, 1.165) is 19.3 Å². The molecule has 35 heavy (non-hydrogen) atoms. The van der Waals surface area contributed by atoms with Crippen molar-refractivity contribution in [2.75, 3.05) is 13.7 Å². The van der Waals surface area contributed by atoms with Gasteiger partial charge < -0.3 is 34.2 Å². The first-order valence-corrected chi connectivity index (χ1v) is 11.7. The second kappa shape index (κ2) is 15.8. The molecule has 12 nitrogen and oxygen atoms in total. The Hall–Kier alpha value is -2.99. The fourth-order valence-corrected chi connectivity index (χ4v) is 3.15. The maximum Gasteiger partial charge on any atom is 0.333 e. The fourth-order valence-electron chi connectivity index (χ4n) is 3.15. The molecule has 0 aliphatic carbocycles. The molecule has 0 bridgehead atoms. The van der Waals surface area contributed by atoms with Gasteiger partial charge >= 0.3 is 29.8 Å². The molecule has 0 saturated carbocycles. The minimum absolute atomic E-state index is 0.0994. The van der Waals surface area contributed by atoms with Crippen molar-refractivity contribution in [1.82, 2.24) is 0 Å². The summed E-state index contributed by atoms with van der Waals surface area (Å²) in [6.07, 6.45) is -1.13. The quantitative estimate of drug-likeness (QED) is 0.210. The summed E-state index contributed by atoms with van der Waals surface area (Å²) in [5.41, 5.74) is 3.91. The van der Waals surface area contributed by atoms with Crippen LogP contribution in [0.4, 0.5) is 0 Å². The highest BCUT2D eigenvalue weighted by Gasteiger charge is 2.53. The van der Waals surface area contributed by atoms with Crippen LogP contribution in [0, 0.1) is 0 Å². The van der Waals surface area contributed by atoms with E-state index in [1.54, 1.807) is 13.8 Å². The number of esters is 5. The molecule has 0 aromatic carbocycles. The zero-order valence-corrected chi connectivity index (χ0v) is 20.7. The van der Waals surface area contributed by atoms with E-state index in [0.29, 0.717) is 19.3 Å². The van der Waals surface area contributed by atoms with Crippen molar-refractivity contribution >= 4 is 29.8 Å². The molecule has 3 N–H and O–H groups in total. The second-order valence-corrected chi connectivity index (χ2v) is 7.84. The Morgan fingerprint density at radius 3 is 1.83 bits per heavy atom. The summed E-state index contributed by atoms with van der Waals surface area (Å²) in [6, 6.07) is -1.01. The third-order valence-electron chi connectivity index (χ3n) is 4.87. The molecule has 1 aliphatic rings. The Morgan fingerprint density at radius 2 is 1.29 bits per heavy atom. The summed E-state index contributed by atoms with van der Waals surface area (Å²) >= 11 is 0. The first-order chi connectivity index (χ1) is 16.7. The molecule has 1 fully saturated rings. The molecule has 1 heterocycles. The monoisotopic (exact) mass is 502 g/mol. The number of ether oxygens (including phenoxy) is 6. The number of hydrogen-bond acceptors (Lipinski definition) is 11. The Morgan fingerprint density at radius 1 is 0.771 bits per heavy atom. The summed E-state index contributed by atoms with van der Waals surface area (Å²) in [6.45, 7) is 5.05. The molecular weight excluding hydrogens is 466 g/mol. The second-order valence-electron chi connectivity index (χ2n) is 7.84. The van der Waals surface area contributed by atoms with E-state index in [4.69, 9.17) is 23.7 Å². The highest BCUT2D eigenvalue weighted by molar-refractivity contribution is 5.91. The molecule has 1 aliphatic heterocycles. The van der Waals surface area contributed by atoms with Crippen LogP contribution in [0.5, 0.6) is 0 Å². The average molecular weight is 503 g/mol. The average Bonchev–Trinajstić information content (AvgIpc) is 2.81. The van der Waals surface area contributed by atoms with Gasteiger partial charge in [-0.05, 0) is 19.3 Å². The van der Waals surface area contributed by atoms with Gasteiger partial charge in [-0.2, -0.15) is 0 Å². The predicted octanol–water partition coefficient (Wildman–Crippen LogP) is 0.361. The fraction of sp³-hybridized carbons (Fsp3) is 0.696. The maximum atomic E-state index is 12.3. The Kier molecular flexibility index (Phi) is 13.6. The summed E-state index contributed by atoms with van der Waals surface area (Å²) < 4.78 is 31.9. The first kappa shape index (κ1) is 30.0. The Bertz CT molecular complexity index is 767. The largest absolute Gasteiger partial charge is 0.466 e. The molecular formula is C23H36NO11+. The molecule has 0 amide bonds. The number of carbonyl (C=O) groups excluding carboxylic acids is 5. The van der Waals surface area contributed by atoms with Gasteiger partial charge in [0.05, 0.1) is 7.11 Å². The molecule has 0 spiro atoms. The van der Waals surface area contributed by atoms with Crippen molar-refractivity contribution < 1.29 is 58.1 Å². The lowest BCUT2D eigenvalue weighted by molar-refractivity contribution is -0.496. The van der Waals surface area contributed by atoms with Crippen LogP contribution in [0.3, 0.4) is 0 Å². The van der Waals surface area contributed by atoms with Crippen molar-refractivity contribution in [1.29, 1.82) is 0 Å². The van der Waals surface area contributed by atoms with E-state index in [2.05, 4.69) is 10.5 Å². The first-order valence-electron chi connectivity index (χ1n) is 11.7. The summed E-state index contributed by atoms with van der Waals surface area (Å²) in [5.74, 6) is -3.35. The van der Waals surface area contributed by atoms with Crippen LogP contribution in [0.15, 0.2) is 12.2 Å². The number of rotatable bonds is 13. The Balaban J connectivity index is 3.21. The maximum absolute atomic E-state index is 12.3. The van der Waals surface area contributed by atoms with Crippen molar-refractivity contribution in [3.05, 3.63) is 12.2 Å². The molecule has 5 atom stereocenters. The van der Waals surface area contributed by atoms with Gasteiger partial charge in [0.25, 0.3) is 6.29 Å². The molecule has 1 saturated heterocycles. The number of carbonyl (C=O) groups is 5. The number of methoxy groups -OCH3 is 1. The van der Waals surface area contributed by atoms with Gasteiger partial charge in [-0.15, -0.1) is 0 Å². The van der Waals surface area contributed by atoms with Crippen LogP contribution in [0.1, 0.15) is 59.3 Å². The van der Waals surface area contributed by atoms with Gasteiger partial charge in [-0.25, -0.2) is 9.59 Å². The topological polar surface area (TPSA) is 168 Å². The van der Waals surface area contributed by atoms with E-state index in [1.807, 2.05) is 6.92 Å². The van der Waals surface area contributed by atoms with E-state index in [-0.39, 0.29) is 25.9 Å².